The summed E-state index contributed by atoms with van der Waals surface area (Å²) in [6.07, 6.45) is 0. The van der Waals surface area contributed by atoms with Crippen LogP contribution in [0.25, 0.3) is 0 Å². The molecule has 0 aliphatic carbocycles. The predicted octanol–water partition coefficient (Wildman–Crippen LogP) is -2.90. The van der Waals surface area contributed by atoms with E-state index in [0.717, 1.165) is 0 Å². The second-order valence-corrected chi connectivity index (χ2v) is 1.29. The Labute approximate surface area is 76.3 Å². The van der Waals surface area contributed by atoms with E-state index in [1.54, 1.807) is 7.11 Å². The third-order valence-electron chi connectivity index (χ3n) is 0.224. The van der Waals surface area contributed by atoms with Gasteiger partial charge in [-0.05, 0) is 0 Å². The van der Waals surface area contributed by atoms with Gasteiger partial charge in [0.2, 0.25) is 0 Å². The van der Waals surface area contributed by atoms with Crippen LogP contribution in [-0.4, -0.2) is 27.6 Å². The van der Waals surface area contributed by atoms with E-state index in [1.807, 2.05) is 0 Å². The van der Waals surface area contributed by atoms with Gasteiger partial charge in [-0.2, -0.15) is 0 Å². The van der Waals surface area contributed by atoms with Gasteiger partial charge in [0.15, 0.2) is 0 Å². The Balaban J connectivity index is -0.0000000720. The van der Waals surface area contributed by atoms with Gasteiger partial charge in [0, 0.05) is 16.1 Å². The van der Waals surface area contributed by atoms with Crippen LogP contribution >= 0.6 is 0 Å². The minimum atomic E-state index is -3.63. The summed E-state index contributed by atoms with van der Waals surface area (Å²) >= 11 is 0. The topological polar surface area (TPSA) is 76.0 Å². The number of hydrogen-bond acceptors (Lipinski definition) is 3. The van der Waals surface area contributed by atoms with Crippen LogP contribution in [0.15, 0.2) is 0 Å². The molecule has 0 atom stereocenters. The Kier molecular flexibility index (Phi) is 28.5. The van der Waals surface area contributed by atoms with Crippen molar-refractivity contribution < 1.29 is 46.5 Å². The van der Waals surface area contributed by atoms with Crippen molar-refractivity contribution in [2.24, 2.45) is 0 Å². The summed E-state index contributed by atoms with van der Waals surface area (Å²) in [6, 6.07) is 0. The van der Waals surface area contributed by atoms with Crippen molar-refractivity contribution in [1.29, 1.82) is 0 Å². The molecule has 0 aromatic rings. The van der Waals surface area contributed by atoms with Gasteiger partial charge >= 0.3 is 27.7 Å². The summed E-state index contributed by atoms with van der Waals surface area (Å²) in [4.78, 5) is 17.0. The molecule has 0 aromatic heterocycles. The zero-order chi connectivity index (χ0) is 6.99. The monoisotopic (exact) mass is 338 g/mol. The van der Waals surface area contributed by atoms with Gasteiger partial charge in [-0.15, -0.1) is 0 Å². The Hall–Kier alpha value is 0.512. The molecule has 50 valence electrons. The number of aliphatic hydroxyl groups is 2. The van der Waals surface area contributed by atoms with Gasteiger partial charge in [0.1, 0.15) is 13.7 Å². The van der Waals surface area contributed by atoms with E-state index in [2.05, 4.69) is 11.7 Å². The standard InChI is InChI=1S/C3H7O.Hg.O3Si/c1-3-4-2;;1-4(2)3/h1,3H2,2H3;;/q;+1;-2/p+1. The second-order valence-electron chi connectivity index (χ2n) is 0.790. The number of ether oxygens (including phenoxy) is 1. The van der Waals surface area contributed by atoms with Crippen LogP contribution in [0.3, 0.4) is 0 Å². The van der Waals surface area contributed by atoms with Gasteiger partial charge in [-0.25, -0.2) is 0 Å². The Morgan fingerprint density at radius 3 is 1.78 bits per heavy atom. The molecule has 2 radical (unpaired) electrons. The van der Waals surface area contributed by atoms with Crippen LogP contribution in [0.4, 0.5) is 0 Å². The van der Waals surface area contributed by atoms with Crippen LogP contribution < -0.4 is 9.59 Å². The molecule has 6 heteroatoms. The van der Waals surface area contributed by atoms with Gasteiger partial charge in [-0.1, -0.05) is 0 Å². The zero-order valence-corrected chi connectivity index (χ0v) is 11.8. The average Bonchev–Trinajstić information content (AvgIpc) is 1.65. The molecule has 0 aromatic carbocycles. The molecular formula is C3H8HgO4Si. The van der Waals surface area contributed by atoms with E-state index in [-0.39, 0.29) is 27.7 Å². The Bertz CT molecular complexity index is 53.8. The van der Waals surface area contributed by atoms with Crippen LogP contribution in [0, 0.1) is 6.92 Å². The fourth-order valence-electron chi connectivity index (χ4n) is 0. The van der Waals surface area contributed by atoms with E-state index in [1.165, 1.54) is 0 Å². The molecule has 9 heavy (non-hydrogen) atoms. The molecule has 0 bridgehead atoms. The molecule has 0 heterocycles. The number of hydrogen-bond donors (Lipinski definition) is 0. The van der Waals surface area contributed by atoms with Crippen molar-refractivity contribution in [3.05, 3.63) is 6.92 Å². The van der Waals surface area contributed by atoms with Crippen molar-refractivity contribution in [3.63, 3.8) is 0 Å². The van der Waals surface area contributed by atoms with Gasteiger partial charge in [-0.3, -0.25) is 0 Å². The minimum absolute atomic E-state index is 0. The maximum atomic E-state index is 8.52. The number of rotatable bonds is 1. The first kappa shape index (κ1) is 16.3. The van der Waals surface area contributed by atoms with E-state index >= 15 is 0 Å². The minimum Gasteiger partial charge on any atom is -0.672 e. The summed E-state index contributed by atoms with van der Waals surface area (Å²) in [5.41, 5.74) is 0. The molecule has 0 rings (SSSR count). The summed E-state index contributed by atoms with van der Waals surface area (Å²) in [7, 11) is -1.89. The van der Waals surface area contributed by atoms with E-state index in [0.29, 0.717) is 6.61 Å². The molecule has 0 aliphatic heterocycles. The maximum absolute atomic E-state index is 8.52. The summed E-state index contributed by atoms with van der Waals surface area (Å²) in [5.74, 6) is 0. The first-order valence-electron chi connectivity index (χ1n) is 1.88. The summed E-state index contributed by atoms with van der Waals surface area (Å²) in [6.45, 7) is 4.13. The van der Waals surface area contributed by atoms with Crippen LogP contribution in [0.5, 0.6) is 0 Å². The largest absolute Gasteiger partial charge is 1.00 e. The summed E-state index contributed by atoms with van der Waals surface area (Å²) in [5, 5.41) is 0. The SMILES string of the molecule is O=[Si]([O-])[O-].[CH2]C[OH+]C.[Hg+]. The third kappa shape index (κ3) is 158. The quantitative estimate of drug-likeness (QED) is 0.381. The molecule has 0 aliphatic rings. The van der Waals surface area contributed by atoms with Crippen molar-refractivity contribution in [3.8, 4) is 0 Å². The maximum Gasteiger partial charge on any atom is 1.00 e. The second kappa shape index (κ2) is 15.8. The van der Waals surface area contributed by atoms with E-state index in [9.17, 15) is 0 Å². The zero-order valence-electron chi connectivity index (χ0n) is 5.29. The molecule has 0 spiro atoms. The predicted molar refractivity (Wildman–Crippen MR) is 24.8 cm³/mol. The Morgan fingerprint density at radius 2 is 1.78 bits per heavy atom. The molecule has 1 N–H and O–H groups in total. The van der Waals surface area contributed by atoms with Gasteiger partial charge < -0.3 is 18.8 Å². The first-order valence-corrected chi connectivity index (χ1v) is 3.10. The first-order chi connectivity index (χ1) is 3.65. The molecule has 0 saturated heterocycles. The fraction of sp³-hybridized carbons (Fsp3) is 0.667. The van der Waals surface area contributed by atoms with E-state index < -0.39 is 9.17 Å². The van der Waals surface area contributed by atoms with Crippen molar-refractivity contribution in [2.75, 3.05) is 13.7 Å². The summed E-state index contributed by atoms with van der Waals surface area (Å²) < 4.78 is 12.1. The van der Waals surface area contributed by atoms with Crippen molar-refractivity contribution in [1.82, 2.24) is 0 Å². The smallest absolute Gasteiger partial charge is 0.672 e. The molecule has 0 fully saturated rings. The molecule has 0 saturated carbocycles. The van der Waals surface area contributed by atoms with Crippen LogP contribution in [0.2, 0.25) is 0 Å². The Morgan fingerprint density at radius 1 is 1.67 bits per heavy atom. The fourth-order valence-corrected chi connectivity index (χ4v) is 0. The third-order valence-corrected chi connectivity index (χ3v) is 0.224. The van der Waals surface area contributed by atoms with E-state index in [4.69, 9.17) is 14.1 Å². The van der Waals surface area contributed by atoms with Crippen molar-refractivity contribution >= 4 is 9.17 Å². The van der Waals surface area contributed by atoms with Crippen LogP contribution in [0.1, 0.15) is 0 Å². The molecule has 0 unspecified atom stereocenters. The molecular weight excluding hydrogens is 329 g/mol. The van der Waals surface area contributed by atoms with Crippen molar-refractivity contribution in [2.45, 2.75) is 0 Å². The normalized spacial score (nSPS) is 6.00. The van der Waals surface area contributed by atoms with Gasteiger partial charge in [0.25, 0.3) is 0 Å². The molecule has 4 nitrogen and oxygen atoms in total. The average molecular weight is 337 g/mol. The van der Waals surface area contributed by atoms with Gasteiger partial charge in [0.05, 0.1) is 0 Å². The molecule has 0 amide bonds. The van der Waals surface area contributed by atoms with Crippen LogP contribution in [-0.2, 0) is 32.1 Å².